The fourth-order valence-corrected chi connectivity index (χ4v) is 1.58. The highest BCUT2D eigenvalue weighted by Gasteiger charge is 2.15. The van der Waals surface area contributed by atoms with E-state index < -0.39 is 0 Å². The first kappa shape index (κ1) is 15.6. The van der Waals surface area contributed by atoms with E-state index in [-0.39, 0.29) is 5.60 Å². The van der Waals surface area contributed by atoms with Crippen LogP contribution in [-0.2, 0) is 11.4 Å². The molecule has 108 valence electrons. The van der Waals surface area contributed by atoms with Gasteiger partial charge in [-0.05, 0) is 20.8 Å². The van der Waals surface area contributed by atoms with Crippen molar-refractivity contribution in [2.75, 3.05) is 21.3 Å². The monoisotopic (exact) mass is 269 g/mol. The molecule has 0 saturated heterocycles. The van der Waals surface area contributed by atoms with Crippen LogP contribution in [0.15, 0.2) is 12.1 Å². The van der Waals surface area contributed by atoms with Gasteiger partial charge in [-0.3, -0.25) is 4.84 Å². The van der Waals surface area contributed by atoms with Gasteiger partial charge in [-0.2, -0.15) is 5.48 Å². The maximum Gasteiger partial charge on any atom is 0.130 e. The van der Waals surface area contributed by atoms with E-state index in [1.807, 2.05) is 32.9 Å². The predicted octanol–water partition coefficient (Wildman–Crippen LogP) is 2.53. The minimum atomic E-state index is -0.257. The Morgan fingerprint density at radius 2 is 1.47 bits per heavy atom. The number of benzene rings is 1. The van der Waals surface area contributed by atoms with E-state index in [2.05, 4.69) is 5.48 Å². The average molecular weight is 269 g/mol. The molecule has 0 amide bonds. The Labute approximate surface area is 114 Å². The Kier molecular flexibility index (Phi) is 5.44. The second-order valence-electron chi connectivity index (χ2n) is 5.05. The number of hydrogen-bond donors (Lipinski definition) is 1. The van der Waals surface area contributed by atoms with Crippen LogP contribution in [0.4, 0.5) is 0 Å². The molecule has 0 aliphatic carbocycles. The first-order valence-electron chi connectivity index (χ1n) is 6.11. The van der Waals surface area contributed by atoms with Crippen molar-refractivity contribution >= 4 is 0 Å². The van der Waals surface area contributed by atoms with E-state index in [1.54, 1.807) is 21.3 Å². The van der Waals surface area contributed by atoms with Crippen LogP contribution in [0.2, 0.25) is 0 Å². The molecule has 1 N–H and O–H groups in total. The number of ether oxygens (including phenoxy) is 3. The maximum absolute atomic E-state index is 5.50. The molecule has 1 aromatic rings. The summed E-state index contributed by atoms with van der Waals surface area (Å²) in [6.07, 6.45) is 0. The van der Waals surface area contributed by atoms with Crippen molar-refractivity contribution < 1.29 is 19.0 Å². The smallest absolute Gasteiger partial charge is 0.130 e. The molecule has 0 heterocycles. The van der Waals surface area contributed by atoms with Gasteiger partial charge in [0.25, 0.3) is 0 Å². The van der Waals surface area contributed by atoms with Crippen LogP contribution >= 0.6 is 0 Å². The summed E-state index contributed by atoms with van der Waals surface area (Å²) in [6.45, 7) is 6.40. The quantitative estimate of drug-likeness (QED) is 0.804. The SMILES string of the molecule is COc1cc(OC)c(CNOC(C)(C)C)c(OC)c1. The van der Waals surface area contributed by atoms with Gasteiger partial charge in [-0.15, -0.1) is 0 Å². The molecule has 1 rings (SSSR count). The summed E-state index contributed by atoms with van der Waals surface area (Å²) >= 11 is 0. The van der Waals surface area contributed by atoms with Crippen LogP contribution < -0.4 is 19.7 Å². The van der Waals surface area contributed by atoms with E-state index in [0.717, 1.165) is 5.56 Å². The summed E-state index contributed by atoms with van der Waals surface area (Å²) in [7, 11) is 4.83. The highest BCUT2D eigenvalue weighted by atomic mass is 16.7. The average Bonchev–Trinajstić information content (AvgIpc) is 2.37. The van der Waals surface area contributed by atoms with Gasteiger partial charge in [0.1, 0.15) is 17.2 Å². The Morgan fingerprint density at radius 3 is 1.84 bits per heavy atom. The molecular formula is C14H23NO4. The molecule has 0 aromatic heterocycles. The van der Waals surface area contributed by atoms with E-state index in [9.17, 15) is 0 Å². The Hall–Kier alpha value is -1.46. The minimum Gasteiger partial charge on any atom is -0.496 e. The molecule has 0 fully saturated rings. The van der Waals surface area contributed by atoms with Crippen molar-refractivity contribution in [3.05, 3.63) is 17.7 Å². The molecule has 0 atom stereocenters. The largest absolute Gasteiger partial charge is 0.496 e. The first-order valence-corrected chi connectivity index (χ1v) is 6.11. The van der Waals surface area contributed by atoms with Gasteiger partial charge in [0.15, 0.2) is 0 Å². The van der Waals surface area contributed by atoms with E-state index >= 15 is 0 Å². The second kappa shape index (κ2) is 6.63. The van der Waals surface area contributed by atoms with Gasteiger partial charge in [0.05, 0.1) is 39.0 Å². The third kappa shape index (κ3) is 4.61. The van der Waals surface area contributed by atoms with Crippen molar-refractivity contribution in [3.63, 3.8) is 0 Å². The lowest BCUT2D eigenvalue weighted by Crippen LogP contribution is -2.29. The Balaban J connectivity index is 2.91. The van der Waals surface area contributed by atoms with Gasteiger partial charge in [0.2, 0.25) is 0 Å². The van der Waals surface area contributed by atoms with Gasteiger partial charge in [-0.1, -0.05) is 0 Å². The van der Waals surface area contributed by atoms with Crippen LogP contribution in [0.5, 0.6) is 17.2 Å². The van der Waals surface area contributed by atoms with E-state index in [4.69, 9.17) is 19.0 Å². The first-order chi connectivity index (χ1) is 8.91. The van der Waals surface area contributed by atoms with Crippen LogP contribution in [0, 0.1) is 0 Å². The third-order valence-electron chi connectivity index (χ3n) is 2.44. The van der Waals surface area contributed by atoms with E-state index in [0.29, 0.717) is 23.8 Å². The summed E-state index contributed by atoms with van der Waals surface area (Å²) in [5, 5.41) is 0. The highest BCUT2D eigenvalue weighted by Crippen LogP contribution is 2.33. The van der Waals surface area contributed by atoms with Crippen molar-refractivity contribution in [3.8, 4) is 17.2 Å². The molecular weight excluding hydrogens is 246 g/mol. The molecule has 0 bridgehead atoms. The molecule has 0 aliphatic rings. The number of methoxy groups -OCH3 is 3. The predicted molar refractivity (Wildman–Crippen MR) is 73.8 cm³/mol. The molecule has 5 nitrogen and oxygen atoms in total. The van der Waals surface area contributed by atoms with Crippen molar-refractivity contribution in [2.24, 2.45) is 0 Å². The fourth-order valence-electron chi connectivity index (χ4n) is 1.58. The van der Waals surface area contributed by atoms with Gasteiger partial charge in [0, 0.05) is 12.1 Å². The molecule has 0 aliphatic heterocycles. The summed E-state index contributed by atoms with van der Waals surface area (Å²) < 4.78 is 15.9. The Morgan fingerprint density at radius 1 is 0.947 bits per heavy atom. The topological polar surface area (TPSA) is 49.0 Å². The highest BCUT2D eigenvalue weighted by molar-refractivity contribution is 5.50. The molecule has 0 radical (unpaired) electrons. The molecule has 0 unspecified atom stereocenters. The van der Waals surface area contributed by atoms with Crippen molar-refractivity contribution in [1.29, 1.82) is 0 Å². The second-order valence-corrected chi connectivity index (χ2v) is 5.05. The minimum absolute atomic E-state index is 0.257. The maximum atomic E-state index is 5.50. The molecule has 0 saturated carbocycles. The molecule has 1 aromatic carbocycles. The molecule has 19 heavy (non-hydrogen) atoms. The lowest BCUT2D eigenvalue weighted by Gasteiger charge is -2.21. The molecule has 0 spiro atoms. The number of hydroxylamine groups is 1. The fraction of sp³-hybridized carbons (Fsp3) is 0.571. The number of rotatable bonds is 6. The third-order valence-corrected chi connectivity index (χ3v) is 2.44. The summed E-state index contributed by atoms with van der Waals surface area (Å²) in [5.74, 6) is 2.08. The van der Waals surface area contributed by atoms with Crippen LogP contribution in [0.1, 0.15) is 26.3 Å². The van der Waals surface area contributed by atoms with Crippen molar-refractivity contribution in [2.45, 2.75) is 32.9 Å². The Bertz CT molecular complexity index is 387. The lowest BCUT2D eigenvalue weighted by molar-refractivity contribution is -0.0761. The van der Waals surface area contributed by atoms with Gasteiger partial charge >= 0.3 is 0 Å². The van der Waals surface area contributed by atoms with Crippen molar-refractivity contribution in [1.82, 2.24) is 5.48 Å². The van der Waals surface area contributed by atoms with Crippen LogP contribution in [0.3, 0.4) is 0 Å². The summed E-state index contributed by atoms with van der Waals surface area (Å²) in [4.78, 5) is 5.50. The lowest BCUT2D eigenvalue weighted by atomic mass is 10.1. The summed E-state index contributed by atoms with van der Waals surface area (Å²) in [6, 6.07) is 3.63. The number of nitrogens with one attached hydrogen (secondary N) is 1. The molecule has 5 heteroatoms. The normalized spacial score (nSPS) is 11.3. The zero-order valence-corrected chi connectivity index (χ0v) is 12.5. The van der Waals surface area contributed by atoms with E-state index in [1.165, 1.54) is 0 Å². The van der Waals surface area contributed by atoms with Crippen LogP contribution in [0.25, 0.3) is 0 Å². The zero-order chi connectivity index (χ0) is 14.5. The summed E-state index contributed by atoms with van der Waals surface area (Å²) in [5.41, 5.74) is 3.56. The van der Waals surface area contributed by atoms with Crippen LogP contribution in [-0.4, -0.2) is 26.9 Å². The number of hydrogen-bond acceptors (Lipinski definition) is 5. The standard InChI is InChI=1S/C14H23NO4/c1-14(2,3)19-15-9-11-12(17-5)7-10(16-4)8-13(11)18-6/h7-8,15H,9H2,1-6H3. The van der Waals surface area contributed by atoms with Gasteiger partial charge in [-0.25, -0.2) is 0 Å². The van der Waals surface area contributed by atoms with Gasteiger partial charge < -0.3 is 14.2 Å². The zero-order valence-electron chi connectivity index (χ0n) is 12.5.